The molecule has 2 amide bonds. The number of amides is 2. The Labute approximate surface area is 194 Å². The minimum atomic E-state index is -0.174. The van der Waals surface area contributed by atoms with Crippen LogP contribution in [0.25, 0.3) is 0 Å². The van der Waals surface area contributed by atoms with E-state index in [0.29, 0.717) is 44.2 Å². The first kappa shape index (κ1) is 22.0. The first-order valence-corrected chi connectivity index (χ1v) is 11.3. The van der Waals surface area contributed by atoms with E-state index in [1.165, 1.54) is 0 Å². The third-order valence-corrected chi connectivity index (χ3v) is 5.88. The number of nitrogens with zero attached hydrogens (tertiary/aromatic N) is 4. The zero-order chi connectivity index (χ0) is 22.3. The third kappa shape index (κ3) is 5.94. The van der Waals surface area contributed by atoms with E-state index < -0.39 is 0 Å². The molecule has 0 spiro atoms. The van der Waals surface area contributed by atoms with E-state index in [4.69, 9.17) is 4.74 Å². The summed E-state index contributed by atoms with van der Waals surface area (Å²) in [5.41, 5.74) is 1.09. The molecule has 1 N–H and O–H groups in total. The van der Waals surface area contributed by atoms with Crippen LogP contribution >= 0.6 is 15.9 Å². The molecule has 32 heavy (non-hydrogen) atoms. The van der Waals surface area contributed by atoms with Crippen LogP contribution in [-0.4, -0.2) is 51.2 Å². The van der Waals surface area contributed by atoms with Crippen LogP contribution in [0.15, 0.2) is 65.4 Å². The SMILES string of the molecule is O=C(Nc1ncn(Cc2ccc(Br)cc2)n1)C1CCN(C(=O)COc2ccccc2)CC1. The van der Waals surface area contributed by atoms with E-state index in [2.05, 4.69) is 31.3 Å². The minimum Gasteiger partial charge on any atom is -0.484 e. The maximum absolute atomic E-state index is 12.6. The highest BCUT2D eigenvalue weighted by Gasteiger charge is 2.28. The number of likely N-dealkylation sites (tertiary alicyclic amines) is 1. The van der Waals surface area contributed by atoms with Crippen LogP contribution in [0, 0.1) is 5.92 Å². The Balaban J connectivity index is 1.22. The Morgan fingerprint density at radius 3 is 2.50 bits per heavy atom. The van der Waals surface area contributed by atoms with Gasteiger partial charge in [0.2, 0.25) is 11.9 Å². The van der Waals surface area contributed by atoms with Gasteiger partial charge in [0, 0.05) is 23.5 Å². The summed E-state index contributed by atoms with van der Waals surface area (Å²) < 4.78 is 8.24. The van der Waals surface area contributed by atoms with Gasteiger partial charge in [-0.05, 0) is 42.7 Å². The molecule has 1 aliphatic heterocycles. The average molecular weight is 498 g/mol. The largest absolute Gasteiger partial charge is 0.484 e. The highest BCUT2D eigenvalue weighted by Crippen LogP contribution is 2.19. The van der Waals surface area contributed by atoms with E-state index in [1.54, 1.807) is 15.9 Å². The maximum atomic E-state index is 12.6. The molecule has 3 aromatic rings. The third-order valence-electron chi connectivity index (χ3n) is 5.35. The van der Waals surface area contributed by atoms with Crippen LogP contribution in [0.4, 0.5) is 5.95 Å². The summed E-state index contributed by atoms with van der Waals surface area (Å²) >= 11 is 3.42. The van der Waals surface area contributed by atoms with Gasteiger partial charge in [0.1, 0.15) is 12.1 Å². The van der Waals surface area contributed by atoms with Gasteiger partial charge in [0.15, 0.2) is 6.61 Å². The highest BCUT2D eigenvalue weighted by atomic mass is 79.9. The number of nitrogens with one attached hydrogen (secondary N) is 1. The van der Waals surface area contributed by atoms with Crippen LogP contribution in [0.3, 0.4) is 0 Å². The second-order valence-electron chi connectivity index (χ2n) is 7.64. The number of carbonyl (C=O) groups is 2. The Morgan fingerprint density at radius 1 is 1.06 bits per heavy atom. The summed E-state index contributed by atoms with van der Waals surface area (Å²) in [6.07, 6.45) is 2.80. The summed E-state index contributed by atoms with van der Waals surface area (Å²) in [7, 11) is 0. The molecule has 2 aromatic carbocycles. The molecule has 166 valence electrons. The lowest BCUT2D eigenvalue weighted by atomic mass is 9.96. The van der Waals surface area contributed by atoms with Crippen LogP contribution in [0.2, 0.25) is 0 Å². The maximum Gasteiger partial charge on any atom is 0.260 e. The number of piperidine rings is 1. The lowest BCUT2D eigenvalue weighted by Crippen LogP contribution is -2.43. The Bertz CT molecular complexity index is 1050. The minimum absolute atomic E-state index is 0.000594. The van der Waals surface area contributed by atoms with Gasteiger partial charge in [0.25, 0.3) is 5.91 Å². The van der Waals surface area contributed by atoms with Crippen molar-refractivity contribution in [3.05, 3.63) is 71.0 Å². The standard InChI is InChI=1S/C23H24BrN5O3/c24-19-8-6-17(7-9-19)14-29-16-25-23(27-29)26-22(31)18-10-12-28(13-11-18)21(30)15-32-20-4-2-1-3-5-20/h1-9,16,18H,10-15H2,(H,26,27,31). The van der Waals surface area contributed by atoms with Gasteiger partial charge in [-0.15, -0.1) is 5.10 Å². The van der Waals surface area contributed by atoms with Crippen molar-refractivity contribution in [3.8, 4) is 5.75 Å². The molecular weight excluding hydrogens is 474 g/mol. The Morgan fingerprint density at radius 2 is 1.78 bits per heavy atom. The molecule has 1 aromatic heterocycles. The lowest BCUT2D eigenvalue weighted by Gasteiger charge is -2.31. The fourth-order valence-corrected chi connectivity index (χ4v) is 3.83. The smallest absolute Gasteiger partial charge is 0.260 e. The number of halogens is 1. The fourth-order valence-electron chi connectivity index (χ4n) is 3.56. The second-order valence-corrected chi connectivity index (χ2v) is 8.55. The normalized spacial score (nSPS) is 14.2. The quantitative estimate of drug-likeness (QED) is 0.540. The number of benzene rings is 2. The van der Waals surface area contributed by atoms with Gasteiger partial charge >= 0.3 is 0 Å². The van der Waals surface area contributed by atoms with Gasteiger partial charge in [0.05, 0.1) is 6.54 Å². The van der Waals surface area contributed by atoms with Crippen molar-refractivity contribution in [2.24, 2.45) is 5.92 Å². The molecule has 0 aliphatic carbocycles. The van der Waals surface area contributed by atoms with Gasteiger partial charge in [-0.2, -0.15) is 0 Å². The molecule has 1 saturated heterocycles. The van der Waals surface area contributed by atoms with Crippen molar-refractivity contribution in [2.75, 3.05) is 25.0 Å². The molecule has 0 bridgehead atoms. The molecule has 0 saturated carbocycles. The van der Waals surface area contributed by atoms with Crippen molar-refractivity contribution < 1.29 is 14.3 Å². The van der Waals surface area contributed by atoms with Crippen LogP contribution in [-0.2, 0) is 16.1 Å². The Hall–Kier alpha value is -3.20. The van der Waals surface area contributed by atoms with E-state index in [9.17, 15) is 9.59 Å². The van der Waals surface area contributed by atoms with E-state index in [-0.39, 0.29) is 24.3 Å². The first-order chi connectivity index (χ1) is 15.6. The van der Waals surface area contributed by atoms with Crippen LogP contribution in [0.5, 0.6) is 5.75 Å². The number of hydrogen-bond acceptors (Lipinski definition) is 5. The fraction of sp³-hybridized carbons (Fsp3) is 0.304. The van der Waals surface area contributed by atoms with E-state index >= 15 is 0 Å². The predicted molar refractivity (Wildman–Crippen MR) is 123 cm³/mol. The van der Waals surface area contributed by atoms with Gasteiger partial charge < -0.3 is 9.64 Å². The first-order valence-electron chi connectivity index (χ1n) is 10.5. The summed E-state index contributed by atoms with van der Waals surface area (Å²) in [5, 5.41) is 7.14. The number of aromatic nitrogens is 3. The molecular formula is C23H24BrN5O3. The summed E-state index contributed by atoms with van der Waals surface area (Å²) in [6.45, 7) is 1.63. The zero-order valence-corrected chi connectivity index (χ0v) is 19.1. The van der Waals surface area contributed by atoms with Crippen molar-refractivity contribution in [1.82, 2.24) is 19.7 Å². The number of hydrogen-bond donors (Lipinski definition) is 1. The van der Waals surface area contributed by atoms with Gasteiger partial charge in [-0.1, -0.05) is 46.3 Å². The number of carbonyl (C=O) groups excluding carboxylic acids is 2. The number of ether oxygens (including phenoxy) is 1. The molecule has 9 heteroatoms. The summed E-state index contributed by atoms with van der Waals surface area (Å²) in [6, 6.07) is 17.2. The predicted octanol–water partition coefficient (Wildman–Crippen LogP) is 3.35. The van der Waals surface area contributed by atoms with Crippen molar-refractivity contribution in [1.29, 1.82) is 0 Å². The Kier molecular flexibility index (Phi) is 7.16. The lowest BCUT2D eigenvalue weighted by molar-refractivity contribution is -0.136. The van der Waals surface area contributed by atoms with Crippen molar-refractivity contribution in [2.45, 2.75) is 19.4 Å². The summed E-state index contributed by atoms with van der Waals surface area (Å²) in [4.78, 5) is 31.0. The van der Waals surface area contributed by atoms with Crippen molar-refractivity contribution in [3.63, 3.8) is 0 Å². The number of anilines is 1. The van der Waals surface area contributed by atoms with Crippen molar-refractivity contribution >= 4 is 33.7 Å². The van der Waals surface area contributed by atoms with E-state index in [1.807, 2.05) is 54.6 Å². The zero-order valence-electron chi connectivity index (χ0n) is 17.5. The molecule has 0 radical (unpaired) electrons. The molecule has 1 aliphatic rings. The molecule has 4 rings (SSSR count). The monoisotopic (exact) mass is 497 g/mol. The van der Waals surface area contributed by atoms with E-state index in [0.717, 1.165) is 10.0 Å². The molecule has 1 fully saturated rings. The number of rotatable bonds is 7. The highest BCUT2D eigenvalue weighted by molar-refractivity contribution is 9.10. The van der Waals surface area contributed by atoms with Crippen LogP contribution in [0.1, 0.15) is 18.4 Å². The topological polar surface area (TPSA) is 89.4 Å². The van der Waals surface area contributed by atoms with Gasteiger partial charge in [-0.3, -0.25) is 14.9 Å². The van der Waals surface area contributed by atoms with Crippen LogP contribution < -0.4 is 10.1 Å². The average Bonchev–Trinajstić information content (AvgIpc) is 3.26. The molecule has 0 atom stereocenters. The molecule has 2 heterocycles. The molecule has 8 nitrogen and oxygen atoms in total. The molecule has 0 unspecified atom stereocenters. The van der Waals surface area contributed by atoms with Gasteiger partial charge in [-0.25, -0.2) is 9.67 Å². The second kappa shape index (κ2) is 10.4. The summed E-state index contributed by atoms with van der Waals surface area (Å²) in [5.74, 6) is 0.608. The number of para-hydroxylation sites is 1.